The number of piperidine rings is 1. The number of amides is 2. The van der Waals surface area contributed by atoms with E-state index in [9.17, 15) is 14.4 Å². The molecule has 1 fully saturated rings. The van der Waals surface area contributed by atoms with Gasteiger partial charge in [-0.15, -0.1) is 0 Å². The molecular formula is C32H38Cl2N5O3+. The lowest BCUT2D eigenvalue weighted by molar-refractivity contribution is -0.142. The summed E-state index contributed by atoms with van der Waals surface area (Å²) in [7, 11) is 0. The first kappa shape index (κ1) is 30.1. The topological polar surface area (TPSA) is 125 Å². The van der Waals surface area contributed by atoms with Gasteiger partial charge in [0.2, 0.25) is 11.8 Å². The van der Waals surface area contributed by atoms with Gasteiger partial charge in [0, 0.05) is 43.5 Å². The monoisotopic (exact) mass is 610 g/mol. The van der Waals surface area contributed by atoms with Gasteiger partial charge in [0.05, 0.1) is 32.7 Å². The van der Waals surface area contributed by atoms with E-state index < -0.39 is 5.92 Å². The Morgan fingerprint density at radius 3 is 2.52 bits per heavy atom. The zero-order valence-electron chi connectivity index (χ0n) is 24.3. The molecule has 0 bridgehead atoms. The Morgan fingerprint density at radius 2 is 1.86 bits per heavy atom. The average Bonchev–Trinajstić information content (AvgIpc) is 3.05. The third-order valence-electron chi connectivity index (χ3n) is 8.44. The van der Waals surface area contributed by atoms with Crippen molar-refractivity contribution in [2.24, 2.45) is 11.3 Å². The van der Waals surface area contributed by atoms with Crippen LogP contribution in [0, 0.1) is 11.3 Å². The maximum absolute atomic E-state index is 13.9. The summed E-state index contributed by atoms with van der Waals surface area (Å²) < 4.78 is 0. The van der Waals surface area contributed by atoms with Gasteiger partial charge in [-0.3, -0.25) is 19.8 Å². The van der Waals surface area contributed by atoms with Crippen LogP contribution in [0.25, 0.3) is 10.9 Å². The Balaban J connectivity index is 1.34. The molecule has 8 nitrogen and oxygen atoms in total. The summed E-state index contributed by atoms with van der Waals surface area (Å²) in [4.78, 5) is 47.0. The first-order chi connectivity index (χ1) is 19.9. The molecule has 3 aromatic rings. The standard InChI is InChI=1S/C32H37Cl2N5O3/c1-32(2,3)17-39-16-24-20(13-26(34)28(36)23(24)15-35)11-21(31(39)42)14-27(40)38-9-7-18(8-10-38)22-12-19-5-4-6-25(33)29(19)37-30(22)41/h4-6,12-13,15,18,21,35H,7-11,14,16-17,36H2,1-3H3,(H,37,41)/p+1. The second-order valence-electron chi connectivity index (χ2n) is 12.8. The van der Waals surface area contributed by atoms with Gasteiger partial charge >= 0.3 is 0 Å². The molecule has 0 spiro atoms. The van der Waals surface area contributed by atoms with Crippen LogP contribution in [0.15, 0.2) is 35.1 Å². The van der Waals surface area contributed by atoms with E-state index in [1.54, 1.807) is 6.07 Å². The number of carbonyl (C=O) groups excluding carboxylic acids is 2. The molecule has 10 heteroatoms. The van der Waals surface area contributed by atoms with E-state index >= 15 is 0 Å². The third kappa shape index (κ3) is 6.06. The number of nitrogens with zero attached hydrogens (tertiary/aromatic N) is 2. The largest absolute Gasteiger partial charge is 0.397 e. The molecule has 1 unspecified atom stereocenters. The molecule has 2 aliphatic rings. The molecule has 0 aliphatic carbocycles. The van der Waals surface area contributed by atoms with E-state index in [1.165, 1.54) is 6.21 Å². The van der Waals surface area contributed by atoms with Gasteiger partial charge in [0.15, 0.2) is 6.21 Å². The number of aromatic nitrogens is 1. The smallest absolute Gasteiger partial charge is 0.251 e. The highest BCUT2D eigenvalue weighted by atomic mass is 35.5. The number of anilines is 1. The van der Waals surface area contributed by atoms with E-state index in [0.29, 0.717) is 77.8 Å². The highest BCUT2D eigenvalue weighted by Gasteiger charge is 2.36. The molecule has 222 valence electrons. The van der Waals surface area contributed by atoms with E-state index in [0.717, 1.165) is 16.5 Å². The van der Waals surface area contributed by atoms with Crippen LogP contribution in [0.2, 0.25) is 10.0 Å². The molecule has 1 atom stereocenters. The van der Waals surface area contributed by atoms with Crippen LogP contribution in [-0.4, -0.2) is 52.4 Å². The molecule has 2 aromatic carbocycles. The lowest BCUT2D eigenvalue weighted by atomic mass is 9.88. The van der Waals surface area contributed by atoms with Gasteiger partial charge in [0.25, 0.3) is 5.56 Å². The van der Waals surface area contributed by atoms with Crippen molar-refractivity contribution in [1.29, 1.82) is 0 Å². The first-order valence-electron chi connectivity index (χ1n) is 14.4. The second kappa shape index (κ2) is 11.7. The Kier molecular flexibility index (Phi) is 8.41. The van der Waals surface area contributed by atoms with Crippen molar-refractivity contribution in [2.75, 3.05) is 25.4 Å². The summed E-state index contributed by atoms with van der Waals surface area (Å²) >= 11 is 12.7. The zero-order chi connectivity index (χ0) is 30.3. The van der Waals surface area contributed by atoms with Crippen molar-refractivity contribution in [3.8, 4) is 0 Å². The molecular weight excluding hydrogens is 573 g/mol. The molecule has 5 N–H and O–H groups in total. The predicted octanol–water partition coefficient (Wildman–Crippen LogP) is 3.94. The average molecular weight is 612 g/mol. The number of halogens is 2. The number of nitrogens with two attached hydrogens (primary N) is 2. The first-order valence-corrected chi connectivity index (χ1v) is 15.1. The van der Waals surface area contributed by atoms with Crippen molar-refractivity contribution in [1.82, 2.24) is 14.8 Å². The quantitative estimate of drug-likeness (QED) is 0.299. The van der Waals surface area contributed by atoms with Gasteiger partial charge in [0.1, 0.15) is 0 Å². The minimum Gasteiger partial charge on any atom is -0.397 e. The number of H-pyrrole nitrogens is 1. The second-order valence-corrected chi connectivity index (χ2v) is 13.6. The van der Waals surface area contributed by atoms with Gasteiger partial charge < -0.3 is 20.5 Å². The summed E-state index contributed by atoms with van der Waals surface area (Å²) in [5.74, 6) is -0.605. The van der Waals surface area contributed by atoms with E-state index in [2.05, 4.69) is 25.8 Å². The van der Waals surface area contributed by atoms with Crippen LogP contribution in [-0.2, 0) is 22.6 Å². The Hall–Kier alpha value is -3.36. The van der Waals surface area contributed by atoms with Crippen molar-refractivity contribution in [2.45, 2.75) is 58.9 Å². The lowest BCUT2D eigenvalue weighted by Gasteiger charge is -2.34. The van der Waals surface area contributed by atoms with Crippen LogP contribution in [0.1, 0.15) is 68.2 Å². The van der Waals surface area contributed by atoms with Crippen molar-refractivity contribution < 1.29 is 15.0 Å². The normalized spacial score (nSPS) is 18.2. The maximum atomic E-state index is 13.9. The minimum atomic E-state index is -0.530. The number of hydrogen-bond acceptors (Lipinski definition) is 4. The maximum Gasteiger partial charge on any atom is 0.251 e. The van der Waals surface area contributed by atoms with Crippen molar-refractivity contribution in [3.05, 3.63) is 73.0 Å². The van der Waals surface area contributed by atoms with E-state index in [-0.39, 0.29) is 35.1 Å². The summed E-state index contributed by atoms with van der Waals surface area (Å²) in [6.07, 6.45) is 3.27. The minimum absolute atomic E-state index is 0.0355. The Labute approximate surface area is 255 Å². The lowest BCUT2D eigenvalue weighted by Crippen LogP contribution is -2.43. The number of pyridine rings is 1. The number of aromatic amines is 1. The van der Waals surface area contributed by atoms with Crippen molar-refractivity contribution in [3.63, 3.8) is 0 Å². The van der Waals surface area contributed by atoms with Crippen LogP contribution in [0.4, 0.5) is 5.69 Å². The molecule has 42 heavy (non-hydrogen) atoms. The molecule has 0 radical (unpaired) electrons. The molecule has 2 aliphatic heterocycles. The summed E-state index contributed by atoms with van der Waals surface area (Å²) in [5.41, 5.74) is 10.1. The molecule has 2 amide bonds. The number of fused-ring (bicyclic) bond motifs is 2. The van der Waals surface area contributed by atoms with Gasteiger partial charge in [-0.2, -0.15) is 0 Å². The van der Waals surface area contributed by atoms with Crippen LogP contribution in [0.5, 0.6) is 0 Å². The van der Waals surface area contributed by atoms with Crippen LogP contribution < -0.4 is 16.7 Å². The van der Waals surface area contributed by atoms with Gasteiger partial charge in [-0.1, -0.05) is 56.1 Å². The Bertz CT molecular complexity index is 1620. The van der Waals surface area contributed by atoms with Crippen molar-refractivity contribution >= 4 is 57.8 Å². The highest BCUT2D eigenvalue weighted by molar-refractivity contribution is 6.35. The van der Waals surface area contributed by atoms with E-state index in [1.807, 2.05) is 34.1 Å². The Morgan fingerprint density at radius 1 is 1.14 bits per heavy atom. The zero-order valence-corrected chi connectivity index (χ0v) is 25.8. The van der Waals surface area contributed by atoms with Crippen LogP contribution >= 0.6 is 23.2 Å². The fourth-order valence-corrected chi connectivity index (χ4v) is 6.84. The molecule has 1 saturated heterocycles. The number of nitrogens with one attached hydrogen (secondary N) is 1. The van der Waals surface area contributed by atoms with Crippen LogP contribution in [0.3, 0.4) is 0 Å². The number of nitrogen functional groups attached to an aromatic ring is 1. The third-order valence-corrected chi connectivity index (χ3v) is 9.06. The molecule has 1 aromatic heterocycles. The number of likely N-dealkylation sites (tertiary alicyclic amines) is 1. The summed E-state index contributed by atoms with van der Waals surface area (Å²) in [6, 6.07) is 9.27. The van der Waals surface area contributed by atoms with Gasteiger partial charge in [-0.25, -0.2) is 0 Å². The number of benzene rings is 2. The van der Waals surface area contributed by atoms with Gasteiger partial charge in [-0.05, 0) is 59.9 Å². The highest BCUT2D eigenvalue weighted by Crippen LogP contribution is 2.36. The SMILES string of the molecule is CC(C)(C)CN1Cc2c(cc(Cl)c(N)c2C=[NH2+])CC(CC(=O)N2CCC(c3cc4cccc(Cl)c4[nH]c3=O)CC2)C1=O. The predicted molar refractivity (Wildman–Crippen MR) is 168 cm³/mol. The number of hydrogen-bond donors (Lipinski definition) is 3. The molecule has 3 heterocycles. The summed E-state index contributed by atoms with van der Waals surface area (Å²) in [6.45, 7) is 8.17. The molecule has 0 saturated carbocycles. The fourth-order valence-electron chi connectivity index (χ4n) is 6.38. The van der Waals surface area contributed by atoms with E-state index in [4.69, 9.17) is 34.3 Å². The molecule has 5 rings (SSSR count). The number of para-hydroxylation sites is 1. The fraction of sp³-hybridized carbons (Fsp3) is 0.438. The summed E-state index contributed by atoms with van der Waals surface area (Å²) in [5, 5.41) is 7.74. The number of rotatable bonds is 5. The number of carbonyl (C=O) groups is 2.